The molecule has 0 aliphatic heterocycles. The van der Waals surface area contributed by atoms with Crippen molar-refractivity contribution in [2.45, 2.75) is 26.5 Å². The Balaban J connectivity index is 1.66. The number of hydrogen-bond acceptors (Lipinski definition) is 4. The van der Waals surface area contributed by atoms with Crippen LogP contribution in [0.25, 0.3) is 10.8 Å². The molecule has 0 saturated carbocycles. The second kappa shape index (κ2) is 10.8. The Hall–Kier alpha value is -2.40. The fourth-order valence-corrected chi connectivity index (χ4v) is 3.23. The van der Waals surface area contributed by atoms with Crippen LogP contribution in [-0.2, 0) is 13.2 Å². The molecule has 4 nitrogen and oxygen atoms in total. The molecule has 3 N–H and O–H groups in total. The van der Waals surface area contributed by atoms with Crippen molar-refractivity contribution in [3.8, 4) is 5.75 Å². The van der Waals surface area contributed by atoms with Crippen LogP contribution in [-0.4, -0.2) is 31.3 Å². The molecule has 0 bridgehead atoms. The third kappa shape index (κ3) is 5.80. The van der Waals surface area contributed by atoms with E-state index < -0.39 is 0 Å². The van der Waals surface area contributed by atoms with E-state index in [-0.39, 0.29) is 6.61 Å². The summed E-state index contributed by atoms with van der Waals surface area (Å²) in [6.45, 7) is 6.09. The maximum atomic E-state index is 8.80. The highest BCUT2D eigenvalue weighted by Gasteiger charge is 2.09. The van der Waals surface area contributed by atoms with Gasteiger partial charge in [0.25, 0.3) is 0 Å². The molecule has 0 aliphatic rings. The van der Waals surface area contributed by atoms with E-state index in [0.29, 0.717) is 13.2 Å². The number of aliphatic hydroxyl groups excluding tert-OH is 1. The third-order valence-electron chi connectivity index (χ3n) is 4.81. The molecule has 0 aliphatic carbocycles. The van der Waals surface area contributed by atoms with Gasteiger partial charge in [0.1, 0.15) is 12.4 Å². The maximum absolute atomic E-state index is 8.80. The van der Waals surface area contributed by atoms with Gasteiger partial charge in [0.2, 0.25) is 0 Å². The molecule has 0 amide bonds. The van der Waals surface area contributed by atoms with Crippen molar-refractivity contribution in [2.75, 3.05) is 26.2 Å². The standard InChI is InChI=1S/C24H30N2O2/c1-19-7-9-20(10-8-19)18-28-24-12-11-21-5-2-3-6-22(21)23(24)17-26-14-4-13-25-15-16-27/h2-3,5-12,25-27H,4,13-18H2,1H3. The van der Waals surface area contributed by atoms with Crippen LogP contribution in [0.4, 0.5) is 0 Å². The molecule has 0 fully saturated rings. The highest BCUT2D eigenvalue weighted by molar-refractivity contribution is 5.87. The molecule has 4 heteroatoms. The predicted molar refractivity (Wildman–Crippen MR) is 116 cm³/mol. The Labute approximate surface area is 167 Å². The van der Waals surface area contributed by atoms with Gasteiger partial charge in [-0.15, -0.1) is 0 Å². The maximum Gasteiger partial charge on any atom is 0.124 e. The van der Waals surface area contributed by atoms with E-state index in [0.717, 1.165) is 31.8 Å². The Morgan fingerprint density at radius 3 is 2.46 bits per heavy atom. The van der Waals surface area contributed by atoms with Crippen LogP contribution in [0.15, 0.2) is 60.7 Å². The van der Waals surface area contributed by atoms with Crippen LogP contribution in [0.2, 0.25) is 0 Å². The number of hydrogen-bond donors (Lipinski definition) is 3. The van der Waals surface area contributed by atoms with Gasteiger partial charge in [-0.3, -0.25) is 0 Å². The highest BCUT2D eigenvalue weighted by atomic mass is 16.5. The van der Waals surface area contributed by atoms with Crippen molar-refractivity contribution in [1.29, 1.82) is 0 Å². The lowest BCUT2D eigenvalue weighted by Gasteiger charge is -2.15. The Morgan fingerprint density at radius 1 is 0.857 bits per heavy atom. The second-order valence-electron chi connectivity index (χ2n) is 7.04. The first kappa shape index (κ1) is 20.3. The van der Waals surface area contributed by atoms with Crippen LogP contribution < -0.4 is 15.4 Å². The van der Waals surface area contributed by atoms with E-state index in [1.165, 1.54) is 27.5 Å². The fraction of sp³-hybridized carbons (Fsp3) is 0.333. The average Bonchev–Trinajstić information content (AvgIpc) is 2.73. The lowest BCUT2D eigenvalue weighted by atomic mass is 10.0. The molecule has 148 valence electrons. The second-order valence-corrected chi connectivity index (χ2v) is 7.04. The summed E-state index contributed by atoms with van der Waals surface area (Å²) in [6.07, 6.45) is 1.02. The minimum atomic E-state index is 0.186. The first-order valence-electron chi connectivity index (χ1n) is 9.99. The van der Waals surface area contributed by atoms with Gasteiger partial charge in [-0.25, -0.2) is 0 Å². The quantitative estimate of drug-likeness (QED) is 0.445. The first-order chi connectivity index (χ1) is 13.8. The van der Waals surface area contributed by atoms with Crippen molar-refractivity contribution in [2.24, 2.45) is 0 Å². The molecule has 28 heavy (non-hydrogen) atoms. The molecule has 0 spiro atoms. The van der Waals surface area contributed by atoms with E-state index in [1.54, 1.807) is 0 Å². The van der Waals surface area contributed by atoms with E-state index >= 15 is 0 Å². The zero-order chi connectivity index (χ0) is 19.6. The molecular weight excluding hydrogens is 348 g/mol. The molecule has 3 aromatic rings. The van der Waals surface area contributed by atoms with Crippen LogP contribution in [0.1, 0.15) is 23.1 Å². The average molecular weight is 379 g/mol. The van der Waals surface area contributed by atoms with Crippen LogP contribution in [0.3, 0.4) is 0 Å². The number of fused-ring (bicyclic) bond motifs is 1. The molecule has 0 heterocycles. The lowest BCUT2D eigenvalue weighted by molar-refractivity contribution is 0.292. The van der Waals surface area contributed by atoms with Gasteiger partial charge >= 0.3 is 0 Å². The zero-order valence-corrected chi connectivity index (χ0v) is 16.6. The van der Waals surface area contributed by atoms with Crippen LogP contribution in [0.5, 0.6) is 5.75 Å². The van der Waals surface area contributed by atoms with Crippen LogP contribution in [0, 0.1) is 6.92 Å². The van der Waals surface area contributed by atoms with E-state index in [1.807, 2.05) is 0 Å². The van der Waals surface area contributed by atoms with Gasteiger partial charge in [-0.05, 0) is 48.8 Å². The molecule has 3 rings (SSSR count). The number of rotatable bonds is 11. The molecule has 0 aromatic heterocycles. The summed E-state index contributed by atoms with van der Waals surface area (Å²) in [4.78, 5) is 0. The summed E-state index contributed by atoms with van der Waals surface area (Å²) >= 11 is 0. The Morgan fingerprint density at radius 2 is 1.64 bits per heavy atom. The number of aryl methyl sites for hydroxylation is 1. The van der Waals surface area contributed by atoms with Gasteiger partial charge in [-0.1, -0.05) is 60.2 Å². The third-order valence-corrected chi connectivity index (χ3v) is 4.81. The monoisotopic (exact) mass is 378 g/mol. The molecule has 0 unspecified atom stereocenters. The summed E-state index contributed by atoms with van der Waals surface area (Å²) in [6, 6.07) is 21.1. The number of aliphatic hydroxyl groups is 1. The molecule has 0 saturated heterocycles. The van der Waals surface area contributed by atoms with Gasteiger partial charge in [0.15, 0.2) is 0 Å². The van der Waals surface area contributed by atoms with Crippen molar-refractivity contribution in [3.63, 3.8) is 0 Å². The highest BCUT2D eigenvalue weighted by Crippen LogP contribution is 2.28. The summed E-state index contributed by atoms with van der Waals surface area (Å²) in [5.41, 5.74) is 3.63. The van der Waals surface area contributed by atoms with Crippen molar-refractivity contribution >= 4 is 10.8 Å². The van der Waals surface area contributed by atoms with Crippen molar-refractivity contribution in [3.05, 3.63) is 77.4 Å². The number of nitrogens with one attached hydrogen (secondary N) is 2. The molecule has 0 atom stereocenters. The predicted octanol–water partition coefficient (Wildman–Crippen LogP) is 3.79. The summed E-state index contributed by atoms with van der Waals surface area (Å²) < 4.78 is 6.20. The topological polar surface area (TPSA) is 53.5 Å². The van der Waals surface area contributed by atoms with Gasteiger partial charge in [-0.2, -0.15) is 0 Å². The number of ether oxygens (including phenoxy) is 1. The molecule has 3 aromatic carbocycles. The van der Waals surface area contributed by atoms with Gasteiger partial charge < -0.3 is 20.5 Å². The summed E-state index contributed by atoms with van der Waals surface area (Å²) in [5.74, 6) is 0.935. The van der Waals surface area contributed by atoms with E-state index in [4.69, 9.17) is 9.84 Å². The summed E-state index contributed by atoms with van der Waals surface area (Å²) in [7, 11) is 0. The van der Waals surface area contributed by atoms with Crippen molar-refractivity contribution in [1.82, 2.24) is 10.6 Å². The smallest absolute Gasteiger partial charge is 0.124 e. The van der Waals surface area contributed by atoms with Crippen LogP contribution >= 0.6 is 0 Å². The minimum absolute atomic E-state index is 0.186. The van der Waals surface area contributed by atoms with Gasteiger partial charge in [0.05, 0.1) is 6.61 Å². The van der Waals surface area contributed by atoms with E-state index in [9.17, 15) is 0 Å². The Kier molecular flexibility index (Phi) is 7.85. The normalized spacial score (nSPS) is 11.1. The zero-order valence-electron chi connectivity index (χ0n) is 16.6. The summed E-state index contributed by atoms with van der Waals surface area (Å²) in [5, 5.41) is 18.0. The largest absolute Gasteiger partial charge is 0.489 e. The SMILES string of the molecule is Cc1ccc(COc2ccc3ccccc3c2CNCCCNCCO)cc1. The number of benzene rings is 3. The first-order valence-corrected chi connectivity index (χ1v) is 9.99. The van der Waals surface area contributed by atoms with E-state index in [2.05, 4.69) is 78.2 Å². The van der Waals surface area contributed by atoms with Crippen molar-refractivity contribution < 1.29 is 9.84 Å². The minimum Gasteiger partial charge on any atom is -0.489 e. The fourth-order valence-electron chi connectivity index (χ4n) is 3.23. The molecule has 0 radical (unpaired) electrons. The van der Waals surface area contributed by atoms with Gasteiger partial charge in [0, 0.05) is 18.7 Å². The Bertz CT molecular complexity index is 862. The lowest BCUT2D eigenvalue weighted by Crippen LogP contribution is -2.24. The molecular formula is C24H30N2O2.